The summed E-state index contributed by atoms with van der Waals surface area (Å²) >= 11 is 0. The molecule has 0 radical (unpaired) electrons. The molecule has 7 rings (SSSR count). The van der Waals surface area contributed by atoms with E-state index in [1.54, 1.807) is 12.1 Å². The van der Waals surface area contributed by atoms with Crippen LogP contribution in [0.5, 0.6) is 0 Å². The average molecular weight is 639 g/mol. The molecule has 0 saturated carbocycles. The summed E-state index contributed by atoms with van der Waals surface area (Å²) in [6.07, 6.45) is 0. The summed E-state index contributed by atoms with van der Waals surface area (Å²) in [6, 6.07) is 35.2. The van der Waals surface area contributed by atoms with E-state index in [-0.39, 0.29) is 23.0 Å². The minimum Gasteiger partial charge on any atom is -0.478 e. The number of carbonyl (C=O) groups is 2. The fraction of sp³-hybridized carbons (Fsp3) is 0.156. The molecule has 0 spiro atoms. The summed E-state index contributed by atoms with van der Waals surface area (Å²) in [5.74, 6) is 12.4. The molecule has 0 heterocycles. The standard InChI is InChI=1S/C45H34O4/c1-27(2)29-11-9-15-33-31(25-39(43(46)47)37(33)23-29)19-21-45(41-17-7-5-13-35(41)36-14-6-8-18-42(36)45)22-20-32-26-40(44(48)49)38-24-30(28(3)4)12-10-16-34(32)38/h5-18,23-28H,1-4H3,(H,46,47)(H,48,49). The Morgan fingerprint density at radius 2 is 0.898 bits per heavy atom. The summed E-state index contributed by atoms with van der Waals surface area (Å²) in [5.41, 5.74) is 9.40. The van der Waals surface area contributed by atoms with E-state index in [2.05, 4.69) is 63.5 Å². The number of carboxylic acids is 2. The van der Waals surface area contributed by atoms with Gasteiger partial charge in [0.25, 0.3) is 0 Å². The molecule has 49 heavy (non-hydrogen) atoms. The van der Waals surface area contributed by atoms with Crippen LogP contribution in [0.4, 0.5) is 0 Å². The van der Waals surface area contributed by atoms with Crippen molar-refractivity contribution in [1.82, 2.24) is 0 Å². The molecule has 0 unspecified atom stereocenters. The Morgan fingerprint density at radius 3 is 1.29 bits per heavy atom. The van der Waals surface area contributed by atoms with Gasteiger partial charge in [0.05, 0.1) is 11.1 Å². The first-order valence-corrected chi connectivity index (χ1v) is 16.4. The van der Waals surface area contributed by atoms with E-state index in [1.807, 2.05) is 84.9 Å². The molecule has 5 aliphatic rings. The monoisotopic (exact) mass is 638 g/mol. The summed E-state index contributed by atoms with van der Waals surface area (Å²) in [4.78, 5) is 24.9. The van der Waals surface area contributed by atoms with Crippen LogP contribution in [0, 0.1) is 23.7 Å². The zero-order valence-corrected chi connectivity index (χ0v) is 27.8. The molecule has 2 aromatic carbocycles. The third kappa shape index (κ3) is 5.33. The maximum atomic E-state index is 12.4. The van der Waals surface area contributed by atoms with E-state index in [0.717, 1.165) is 44.5 Å². The van der Waals surface area contributed by atoms with Crippen LogP contribution < -0.4 is 0 Å². The highest BCUT2D eigenvalue weighted by Crippen LogP contribution is 2.49. The van der Waals surface area contributed by atoms with Gasteiger partial charge in [-0.1, -0.05) is 136 Å². The van der Waals surface area contributed by atoms with E-state index in [9.17, 15) is 19.8 Å². The molecular weight excluding hydrogens is 604 g/mol. The van der Waals surface area contributed by atoms with Crippen LogP contribution in [0.15, 0.2) is 109 Å². The van der Waals surface area contributed by atoms with Gasteiger partial charge in [0.1, 0.15) is 5.41 Å². The van der Waals surface area contributed by atoms with Crippen molar-refractivity contribution in [2.24, 2.45) is 0 Å². The van der Waals surface area contributed by atoms with Gasteiger partial charge in [-0.05, 0) is 91.7 Å². The van der Waals surface area contributed by atoms with Crippen molar-refractivity contribution in [1.29, 1.82) is 0 Å². The van der Waals surface area contributed by atoms with Crippen LogP contribution in [0.25, 0.3) is 33.4 Å². The van der Waals surface area contributed by atoms with Gasteiger partial charge in [-0.15, -0.1) is 0 Å². The number of hydrogen-bond donors (Lipinski definition) is 2. The highest BCUT2D eigenvalue weighted by Gasteiger charge is 2.41. The molecule has 0 bridgehead atoms. The molecule has 5 aliphatic carbocycles. The van der Waals surface area contributed by atoms with E-state index in [0.29, 0.717) is 22.3 Å². The Labute approximate surface area is 286 Å². The predicted octanol–water partition coefficient (Wildman–Crippen LogP) is 9.91. The van der Waals surface area contributed by atoms with Crippen LogP contribution in [-0.2, 0) is 5.41 Å². The molecule has 0 fully saturated rings. The topological polar surface area (TPSA) is 74.6 Å². The number of rotatable bonds is 4. The Bertz CT molecular complexity index is 2200. The zero-order chi connectivity index (χ0) is 34.4. The molecule has 4 nitrogen and oxygen atoms in total. The van der Waals surface area contributed by atoms with Gasteiger partial charge in [-0.3, -0.25) is 0 Å². The molecule has 238 valence electrons. The van der Waals surface area contributed by atoms with Gasteiger partial charge in [0.2, 0.25) is 0 Å². The highest BCUT2D eigenvalue weighted by molar-refractivity contribution is 6.01. The third-order valence-electron chi connectivity index (χ3n) is 9.56. The number of fused-ring (bicyclic) bond motifs is 5. The number of benzene rings is 2. The normalized spacial score (nSPS) is 12.6. The molecule has 2 aromatic rings. The van der Waals surface area contributed by atoms with E-state index >= 15 is 0 Å². The molecule has 0 atom stereocenters. The first-order valence-electron chi connectivity index (χ1n) is 16.4. The van der Waals surface area contributed by atoms with Crippen LogP contribution in [-0.4, -0.2) is 22.2 Å². The van der Waals surface area contributed by atoms with E-state index in [4.69, 9.17) is 0 Å². The molecule has 0 aliphatic heterocycles. The van der Waals surface area contributed by atoms with Crippen molar-refractivity contribution in [2.45, 2.75) is 44.9 Å². The smallest absolute Gasteiger partial charge is 0.336 e. The Morgan fingerprint density at radius 1 is 0.510 bits per heavy atom. The second-order valence-electron chi connectivity index (χ2n) is 13.2. The highest BCUT2D eigenvalue weighted by atomic mass is 16.4. The number of aromatic carboxylic acids is 2. The predicted molar refractivity (Wildman–Crippen MR) is 195 cm³/mol. The van der Waals surface area contributed by atoms with Crippen LogP contribution in [0.3, 0.4) is 0 Å². The number of hydrogen-bond acceptors (Lipinski definition) is 2. The van der Waals surface area contributed by atoms with Gasteiger partial charge in [-0.2, -0.15) is 0 Å². The zero-order valence-electron chi connectivity index (χ0n) is 27.8. The van der Waals surface area contributed by atoms with Crippen molar-refractivity contribution >= 4 is 11.9 Å². The second kappa shape index (κ2) is 12.2. The summed E-state index contributed by atoms with van der Waals surface area (Å²) < 4.78 is 0. The average Bonchev–Trinajstić information content (AvgIpc) is 3.54. The first kappa shape index (κ1) is 31.5. The lowest BCUT2D eigenvalue weighted by Crippen LogP contribution is -2.21. The molecule has 2 N–H and O–H groups in total. The van der Waals surface area contributed by atoms with Crippen LogP contribution >= 0.6 is 0 Å². The second-order valence-corrected chi connectivity index (χ2v) is 13.2. The maximum absolute atomic E-state index is 12.4. The maximum Gasteiger partial charge on any atom is 0.336 e. The summed E-state index contributed by atoms with van der Waals surface area (Å²) in [7, 11) is 0. The van der Waals surface area contributed by atoms with Crippen molar-refractivity contribution in [3.05, 3.63) is 154 Å². The quantitative estimate of drug-likeness (QED) is 0.189. The lowest BCUT2D eigenvalue weighted by atomic mass is 9.79. The SMILES string of the molecule is CC(C)c1cccc2c(C#CC3(C#Cc4cc(C(=O)O)c5cc(C(C)C)cccc4-5)c4ccccc4-c4ccccc43)cc(C(=O)O)c-2c1. The Balaban J connectivity index is 1.48. The first-order chi connectivity index (χ1) is 23.6. The minimum atomic E-state index is -1.08. The van der Waals surface area contributed by atoms with Gasteiger partial charge in [0, 0.05) is 11.1 Å². The molecule has 0 aromatic heterocycles. The van der Waals surface area contributed by atoms with Gasteiger partial charge >= 0.3 is 11.9 Å². The molecule has 4 heteroatoms. The summed E-state index contributed by atoms with van der Waals surface area (Å²) in [5, 5.41) is 20.4. The number of carboxylic acid groups (broad SMARTS) is 2. The minimum absolute atomic E-state index is 0.211. The van der Waals surface area contributed by atoms with Crippen molar-refractivity contribution in [3.63, 3.8) is 0 Å². The fourth-order valence-corrected chi connectivity index (χ4v) is 6.93. The van der Waals surface area contributed by atoms with Crippen molar-refractivity contribution in [2.75, 3.05) is 0 Å². The van der Waals surface area contributed by atoms with Gasteiger partial charge in [0.15, 0.2) is 0 Å². The van der Waals surface area contributed by atoms with Crippen molar-refractivity contribution in [3.8, 4) is 57.1 Å². The third-order valence-corrected chi connectivity index (χ3v) is 9.56. The van der Waals surface area contributed by atoms with Gasteiger partial charge in [-0.25, -0.2) is 9.59 Å². The van der Waals surface area contributed by atoms with Crippen LogP contribution in [0.2, 0.25) is 0 Å². The fourth-order valence-electron chi connectivity index (χ4n) is 6.93. The molecular formula is C45H34O4. The van der Waals surface area contributed by atoms with Gasteiger partial charge < -0.3 is 10.2 Å². The van der Waals surface area contributed by atoms with E-state index < -0.39 is 17.4 Å². The Hall–Kier alpha value is -6.10. The Kier molecular flexibility index (Phi) is 7.82. The molecule has 0 saturated heterocycles. The lowest BCUT2D eigenvalue weighted by molar-refractivity contribution is 0.0687. The van der Waals surface area contributed by atoms with Crippen LogP contribution in [0.1, 0.15) is 93.6 Å². The lowest BCUT2D eigenvalue weighted by Gasteiger charge is -2.20. The van der Waals surface area contributed by atoms with E-state index in [1.165, 1.54) is 0 Å². The van der Waals surface area contributed by atoms with Crippen molar-refractivity contribution < 1.29 is 19.8 Å². The molecule has 0 amide bonds. The summed E-state index contributed by atoms with van der Waals surface area (Å²) in [6.45, 7) is 8.34. The largest absolute Gasteiger partial charge is 0.478 e.